The van der Waals surface area contributed by atoms with Crippen molar-refractivity contribution in [1.29, 1.82) is 5.26 Å². The van der Waals surface area contributed by atoms with Crippen molar-refractivity contribution in [3.05, 3.63) is 69.3 Å². The molecule has 0 bridgehead atoms. The van der Waals surface area contributed by atoms with Crippen LogP contribution in [0.4, 0.5) is 11.4 Å². The molecule has 2 aromatic carbocycles. The molecule has 0 radical (unpaired) electrons. The highest BCUT2D eigenvalue weighted by Gasteiger charge is 2.13. The van der Waals surface area contributed by atoms with Crippen LogP contribution in [0.15, 0.2) is 48.0 Å². The van der Waals surface area contributed by atoms with Crippen LogP contribution >= 0.6 is 0 Å². The summed E-state index contributed by atoms with van der Waals surface area (Å²) in [6.07, 6.45) is 3.50. The molecule has 0 spiro atoms. The van der Waals surface area contributed by atoms with E-state index in [0.717, 1.165) is 18.6 Å². The van der Waals surface area contributed by atoms with Gasteiger partial charge >= 0.3 is 0 Å². The minimum absolute atomic E-state index is 0.0622. The van der Waals surface area contributed by atoms with Gasteiger partial charge in [-0.1, -0.05) is 25.5 Å². The smallest absolute Gasteiger partial charge is 0.269 e. The molecule has 0 aliphatic carbocycles. The summed E-state index contributed by atoms with van der Waals surface area (Å²) in [7, 11) is 0. The van der Waals surface area contributed by atoms with E-state index in [1.165, 1.54) is 24.3 Å². The topological polar surface area (TPSA) is 105 Å². The van der Waals surface area contributed by atoms with Gasteiger partial charge in [0.05, 0.1) is 11.5 Å². The lowest BCUT2D eigenvalue weighted by atomic mass is 10.1. The highest BCUT2D eigenvalue weighted by Crippen LogP contribution is 2.22. The van der Waals surface area contributed by atoms with Crippen molar-refractivity contribution in [2.24, 2.45) is 0 Å². The third-order valence-corrected chi connectivity index (χ3v) is 3.99. The number of nitrogens with one attached hydrogen (secondary N) is 1. The van der Waals surface area contributed by atoms with Crippen LogP contribution in [0.3, 0.4) is 0 Å². The van der Waals surface area contributed by atoms with Crippen molar-refractivity contribution >= 4 is 23.4 Å². The Morgan fingerprint density at radius 1 is 1.29 bits per heavy atom. The molecule has 0 fully saturated rings. The number of ether oxygens (including phenoxy) is 1. The second kappa shape index (κ2) is 9.88. The van der Waals surface area contributed by atoms with Crippen molar-refractivity contribution in [2.45, 2.75) is 26.7 Å². The van der Waals surface area contributed by atoms with E-state index in [9.17, 15) is 20.2 Å². The van der Waals surface area contributed by atoms with Crippen LogP contribution in [0.5, 0.6) is 5.75 Å². The van der Waals surface area contributed by atoms with Gasteiger partial charge in [-0.05, 0) is 48.7 Å². The van der Waals surface area contributed by atoms with E-state index >= 15 is 0 Å². The number of aryl methyl sites for hydroxylation is 1. The van der Waals surface area contributed by atoms with Crippen molar-refractivity contribution in [3.63, 3.8) is 0 Å². The van der Waals surface area contributed by atoms with Gasteiger partial charge in [0, 0.05) is 17.8 Å². The summed E-state index contributed by atoms with van der Waals surface area (Å²) < 4.78 is 5.59. The summed E-state index contributed by atoms with van der Waals surface area (Å²) in [4.78, 5) is 22.7. The van der Waals surface area contributed by atoms with Crippen LogP contribution in [-0.4, -0.2) is 17.4 Å². The Bertz CT molecular complexity index is 928. The molecule has 0 saturated heterocycles. The predicted molar refractivity (Wildman–Crippen MR) is 107 cm³/mol. The lowest BCUT2D eigenvalue weighted by Crippen LogP contribution is -2.14. The molecule has 0 atom stereocenters. The molecule has 1 amide bonds. The number of nitriles is 1. The average molecular weight is 379 g/mol. The fraction of sp³-hybridized carbons (Fsp3) is 0.238. The number of hydrogen-bond acceptors (Lipinski definition) is 5. The number of anilines is 1. The molecule has 0 aliphatic heterocycles. The number of carbonyl (C=O) groups excluding carboxylic acids is 1. The Kier molecular flexibility index (Phi) is 7.28. The number of benzene rings is 2. The number of unbranched alkanes of at least 4 members (excludes halogenated alkanes) is 1. The van der Waals surface area contributed by atoms with Crippen molar-refractivity contribution in [1.82, 2.24) is 0 Å². The number of nitro groups is 1. The SMILES string of the molecule is CCCCOc1ccc(/C=C(\C#N)C(=O)Nc2ccc([N+](=O)[O-])cc2C)cc1. The van der Waals surface area contributed by atoms with E-state index in [2.05, 4.69) is 12.2 Å². The lowest BCUT2D eigenvalue weighted by Gasteiger charge is -2.08. The first kappa shape index (κ1) is 20.6. The summed E-state index contributed by atoms with van der Waals surface area (Å²) in [6, 6.07) is 13.1. The van der Waals surface area contributed by atoms with Crippen molar-refractivity contribution < 1.29 is 14.5 Å². The molecule has 0 aromatic heterocycles. The molecular weight excluding hydrogens is 358 g/mol. The van der Waals surface area contributed by atoms with E-state index in [1.807, 2.05) is 6.07 Å². The monoisotopic (exact) mass is 379 g/mol. The summed E-state index contributed by atoms with van der Waals surface area (Å²) in [5.41, 5.74) is 1.50. The number of carbonyl (C=O) groups is 1. The highest BCUT2D eigenvalue weighted by atomic mass is 16.6. The van der Waals surface area contributed by atoms with Gasteiger partial charge in [0.15, 0.2) is 0 Å². The van der Waals surface area contributed by atoms with Crippen LogP contribution in [0.2, 0.25) is 0 Å². The molecule has 2 aromatic rings. The predicted octanol–water partition coefficient (Wildman–Crippen LogP) is 4.63. The van der Waals surface area contributed by atoms with E-state index in [0.29, 0.717) is 23.4 Å². The maximum absolute atomic E-state index is 12.4. The molecule has 2 rings (SSSR count). The normalized spacial score (nSPS) is 10.8. The second-order valence-electron chi connectivity index (χ2n) is 6.15. The molecular formula is C21H21N3O4. The van der Waals surface area contributed by atoms with Gasteiger partial charge in [-0.2, -0.15) is 5.26 Å². The molecule has 0 unspecified atom stereocenters. The number of nitro benzene ring substituents is 1. The average Bonchev–Trinajstić information content (AvgIpc) is 2.68. The molecule has 0 heterocycles. The van der Waals surface area contributed by atoms with Crippen LogP contribution in [0.25, 0.3) is 6.08 Å². The van der Waals surface area contributed by atoms with Gasteiger partial charge < -0.3 is 10.1 Å². The Balaban J connectivity index is 2.10. The Hall–Kier alpha value is -3.66. The van der Waals surface area contributed by atoms with Crippen molar-refractivity contribution in [3.8, 4) is 11.8 Å². The van der Waals surface area contributed by atoms with E-state index in [1.54, 1.807) is 31.2 Å². The maximum Gasteiger partial charge on any atom is 0.269 e. The van der Waals surface area contributed by atoms with Gasteiger partial charge in [-0.15, -0.1) is 0 Å². The first-order valence-electron chi connectivity index (χ1n) is 8.85. The zero-order valence-electron chi connectivity index (χ0n) is 15.8. The fourth-order valence-electron chi connectivity index (χ4n) is 2.40. The van der Waals surface area contributed by atoms with Crippen LogP contribution in [0, 0.1) is 28.4 Å². The summed E-state index contributed by atoms with van der Waals surface area (Å²) >= 11 is 0. The van der Waals surface area contributed by atoms with Crippen LogP contribution in [-0.2, 0) is 4.79 Å². The lowest BCUT2D eigenvalue weighted by molar-refractivity contribution is -0.384. The Morgan fingerprint density at radius 2 is 2.00 bits per heavy atom. The molecule has 28 heavy (non-hydrogen) atoms. The Labute approximate surface area is 163 Å². The molecule has 7 heteroatoms. The number of amides is 1. The minimum atomic E-state index is -0.581. The number of rotatable bonds is 8. The van der Waals surface area contributed by atoms with Gasteiger partial charge in [-0.25, -0.2) is 0 Å². The van der Waals surface area contributed by atoms with Crippen LogP contribution < -0.4 is 10.1 Å². The quantitative estimate of drug-likeness (QED) is 0.237. The molecule has 1 N–H and O–H groups in total. The molecule has 0 aliphatic rings. The highest BCUT2D eigenvalue weighted by molar-refractivity contribution is 6.10. The summed E-state index contributed by atoms with van der Waals surface area (Å²) in [5, 5.41) is 22.7. The zero-order chi connectivity index (χ0) is 20.5. The van der Waals surface area contributed by atoms with Gasteiger partial charge in [0.1, 0.15) is 17.4 Å². The molecule has 144 valence electrons. The third kappa shape index (κ3) is 5.68. The van der Waals surface area contributed by atoms with Crippen molar-refractivity contribution in [2.75, 3.05) is 11.9 Å². The maximum atomic E-state index is 12.4. The summed E-state index contributed by atoms with van der Waals surface area (Å²) in [5.74, 6) is 0.151. The van der Waals surface area contributed by atoms with E-state index in [4.69, 9.17) is 4.74 Å². The minimum Gasteiger partial charge on any atom is -0.494 e. The zero-order valence-corrected chi connectivity index (χ0v) is 15.8. The van der Waals surface area contributed by atoms with Crippen LogP contribution in [0.1, 0.15) is 30.9 Å². The largest absolute Gasteiger partial charge is 0.494 e. The molecule has 0 saturated carbocycles. The van der Waals surface area contributed by atoms with Gasteiger partial charge in [0.25, 0.3) is 11.6 Å². The van der Waals surface area contributed by atoms with E-state index in [-0.39, 0.29) is 11.3 Å². The first-order chi connectivity index (χ1) is 13.4. The molecule has 7 nitrogen and oxygen atoms in total. The number of non-ortho nitro benzene ring substituents is 1. The number of hydrogen-bond donors (Lipinski definition) is 1. The fourth-order valence-corrected chi connectivity index (χ4v) is 2.40. The van der Waals surface area contributed by atoms with Gasteiger partial charge in [-0.3, -0.25) is 14.9 Å². The third-order valence-electron chi connectivity index (χ3n) is 3.99. The summed E-state index contributed by atoms with van der Waals surface area (Å²) in [6.45, 7) is 4.38. The Morgan fingerprint density at radius 3 is 2.57 bits per heavy atom. The first-order valence-corrected chi connectivity index (χ1v) is 8.85. The van der Waals surface area contributed by atoms with E-state index < -0.39 is 10.8 Å². The van der Waals surface area contributed by atoms with Gasteiger partial charge in [0.2, 0.25) is 0 Å². The second-order valence-corrected chi connectivity index (χ2v) is 6.15. The number of nitrogens with zero attached hydrogens (tertiary/aromatic N) is 2. The standard InChI is InChI=1S/C21H21N3O4/c1-3-4-11-28-19-8-5-16(6-9-19)13-17(14-22)21(25)23-20-10-7-18(24(26)27)12-15(20)2/h5-10,12-13H,3-4,11H2,1-2H3,(H,23,25)/b17-13+.